The maximum atomic E-state index is 14.4. The number of carbonyl (C=O) groups is 1. The van der Waals surface area contributed by atoms with Gasteiger partial charge in [0.2, 0.25) is 10.0 Å². The van der Waals surface area contributed by atoms with E-state index < -0.39 is 26.6 Å². The number of nitrogens with one attached hydrogen (secondary N) is 1. The largest absolute Gasteiger partial charge is 0.379 e. The summed E-state index contributed by atoms with van der Waals surface area (Å²) in [6, 6.07) is 10.9. The second kappa shape index (κ2) is 9.02. The first kappa shape index (κ1) is 21.4. The highest BCUT2D eigenvalue weighted by Gasteiger charge is 2.29. The molecule has 0 bridgehead atoms. The Morgan fingerprint density at radius 3 is 2.59 bits per heavy atom. The van der Waals surface area contributed by atoms with E-state index in [1.54, 1.807) is 6.07 Å². The molecule has 1 N–H and O–H groups in total. The molecule has 1 atom stereocenters. The van der Waals surface area contributed by atoms with Gasteiger partial charge < -0.3 is 10.1 Å². The Balaban J connectivity index is 1.89. The van der Waals surface area contributed by atoms with Gasteiger partial charge in [0.15, 0.2) is 0 Å². The zero-order chi connectivity index (χ0) is 21.0. The molecule has 0 aliphatic carbocycles. The van der Waals surface area contributed by atoms with Crippen LogP contribution < -0.4 is 5.32 Å². The molecule has 1 heterocycles. The maximum absolute atomic E-state index is 14.4. The predicted octanol–water partition coefficient (Wildman–Crippen LogP) is 3.61. The van der Waals surface area contributed by atoms with E-state index in [1.807, 2.05) is 18.2 Å². The van der Waals surface area contributed by atoms with Crippen LogP contribution in [-0.2, 0) is 14.8 Å². The molecular weight excluding hydrogens is 395 g/mol. The summed E-state index contributed by atoms with van der Waals surface area (Å²) in [6.07, 6.45) is 0.908. The fourth-order valence-electron chi connectivity index (χ4n) is 3.22. The minimum atomic E-state index is -4.05. The van der Waals surface area contributed by atoms with E-state index in [2.05, 4.69) is 19.2 Å². The number of halogens is 1. The lowest BCUT2D eigenvalue weighted by molar-refractivity contribution is 0.0729. The van der Waals surface area contributed by atoms with E-state index in [4.69, 9.17) is 4.74 Å². The molecule has 1 amide bonds. The number of sulfonamides is 1. The molecule has 0 saturated carbocycles. The summed E-state index contributed by atoms with van der Waals surface area (Å²) in [7, 11) is -4.05. The van der Waals surface area contributed by atoms with Gasteiger partial charge in [0, 0.05) is 24.3 Å². The van der Waals surface area contributed by atoms with Gasteiger partial charge in [-0.3, -0.25) is 4.79 Å². The Labute approximate surface area is 170 Å². The van der Waals surface area contributed by atoms with Crippen molar-refractivity contribution in [2.45, 2.75) is 31.1 Å². The lowest BCUT2D eigenvalue weighted by Crippen LogP contribution is -2.41. The standard InChI is InChI=1S/C21H25FN2O4S/c1-3-15(2)17-6-4-5-7-19(17)23-21(25)16-8-9-18(22)20(14-16)29(26,27)24-10-12-28-13-11-24/h4-9,14-15H,3,10-13H2,1-2H3,(H,23,25)/t15-/m1/s1. The number of benzene rings is 2. The van der Waals surface area contributed by atoms with E-state index in [-0.39, 0.29) is 37.8 Å². The van der Waals surface area contributed by atoms with Crippen LogP contribution in [0.2, 0.25) is 0 Å². The van der Waals surface area contributed by atoms with Crippen molar-refractivity contribution in [3.63, 3.8) is 0 Å². The zero-order valence-electron chi connectivity index (χ0n) is 16.5. The third-order valence-electron chi connectivity index (χ3n) is 5.13. The lowest BCUT2D eigenvalue weighted by atomic mass is 9.97. The third-order valence-corrected chi connectivity index (χ3v) is 7.05. The quantitative estimate of drug-likeness (QED) is 0.775. The third kappa shape index (κ3) is 4.66. The highest BCUT2D eigenvalue weighted by molar-refractivity contribution is 7.89. The molecule has 1 aliphatic heterocycles. The minimum absolute atomic E-state index is 0.0807. The van der Waals surface area contributed by atoms with Gasteiger partial charge in [-0.25, -0.2) is 12.8 Å². The van der Waals surface area contributed by atoms with Crippen molar-refractivity contribution in [2.24, 2.45) is 0 Å². The average Bonchev–Trinajstić information content (AvgIpc) is 2.74. The molecule has 6 nitrogen and oxygen atoms in total. The number of amides is 1. The van der Waals surface area contributed by atoms with Crippen LogP contribution in [0.15, 0.2) is 47.4 Å². The number of carbonyl (C=O) groups excluding carboxylic acids is 1. The van der Waals surface area contributed by atoms with Crippen molar-refractivity contribution >= 4 is 21.6 Å². The molecule has 29 heavy (non-hydrogen) atoms. The van der Waals surface area contributed by atoms with Crippen LogP contribution in [-0.4, -0.2) is 44.9 Å². The summed E-state index contributed by atoms with van der Waals surface area (Å²) in [4.78, 5) is 12.3. The number of anilines is 1. The molecule has 2 aromatic carbocycles. The van der Waals surface area contributed by atoms with Gasteiger partial charge in [-0.15, -0.1) is 0 Å². The highest BCUT2D eigenvalue weighted by atomic mass is 32.2. The summed E-state index contributed by atoms with van der Waals surface area (Å²) in [5, 5.41) is 2.83. The summed E-state index contributed by atoms with van der Waals surface area (Å²) >= 11 is 0. The topological polar surface area (TPSA) is 75.7 Å². The number of nitrogens with zero attached hydrogens (tertiary/aromatic N) is 1. The fraction of sp³-hybridized carbons (Fsp3) is 0.381. The first-order chi connectivity index (χ1) is 13.8. The normalized spacial score (nSPS) is 16.4. The molecule has 2 aromatic rings. The molecule has 0 spiro atoms. The SMILES string of the molecule is CC[C@@H](C)c1ccccc1NC(=O)c1ccc(F)c(S(=O)(=O)N2CCOCC2)c1. The molecule has 3 rings (SSSR count). The predicted molar refractivity (Wildman–Crippen MR) is 109 cm³/mol. The van der Waals surface area contributed by atoms with Crippen LogP contribution in [0.4, 0.5) is 10.1 Å². The van der Waals surface area contributed by atoms with Gasteiger partial charge in [-0.1, -0.05) is 32.0 Å². The molecule has 0 unspecified atom stereocenters. The van der Waals surface area contributed by atoms with E-state index in [9.17, 15) is 17.6 Å². The Morgan fingerprint density at radius 2 is 1.90 bits per heavy atom. The number of morpholine rings is 1. The van der Waals surface area contributed by atoms with Crippen LogP contribution in [0.25, 0.3) is 0 Å². The fourth-order valence-corrected chi connectivity index (χ4v) is 4.72. The summed E-state index contributed by atoms with van der Waals surface area (Å²) in [5.41, 5.74) is 1.73. The molecular formula is C21H25FN2O4S. The Kier molecular flexibility index (Phi) is 6.66. The van der Waals surface area contributed by atoms with Crippen LogP contribution in [0, 0.1) is 5.82 Å². The van der Waals surface area contributed by atoms with Gasteiger partial charge >= 0.3 is 0 Å². The number of para-hydroxylation sites is 1. The maximum Gasteiger partial charge on any atom is 0.255 e. The average molecular weight is 421 g/mol. The second-order valence-corrected chi connectivity index (χ2v) is 8.92. The van der Waals surface area contributed by atoms with Crippen molar-refractivity contribution in [1.82, 2.24) is 4.31 Å². The summed E-state index contributed by atoms with van der Waals surface area (Å²) < 4.78 is 46.3. The van der Waals surface area contributed by atoms with Crippen LogP contribution >= 0.6 is 0 Å². The zero-order valence-corrected chi connectivity index (χ0v) is 17.3. The van der Waals surface area contributed by atoms with Crippen molar-refractivity contribution in [3.8, 4) is 0 Å². The molecule has 0 radical (unpaired) electrons. The first-order valence-corrected chi connectivity index (χ1v) is 11.1. The van der Waals surface area contributed by atoms with Crippen molar-refractivity contribution in [2.75, 3.05) is 31.6 Å². The molecule has 0 aromatic heterocycles. The van der Waals surface area contributed by atoms with Crippen molar-refractivity contribution in [3.05, 3.63) is 59.4 Å². The monoisotopic (exact) mass is 420 g/mol. The van der Waals surface area contributed by atoms with E-state index in [1.165, 1.54) is 10.4 Å². The highest BCUT2D eigenvalue weighted by Crippen LogP contribution is 2.27. The second-order valence-electron chi connectivity index (χ2n) is 7.01. The van der Waals surface area contributed by atoms with Gasteiger partial charge in [-0.05, 0) is 42.2 Å². The van der Waals surface area contributed by atoms with Crippen LogP contribution in [0.1, 0.15) is 42.1 Å². The Hall–Kier alpha value is -2.29. The number of hydrogen-bond donors (Lipinski definition) is 1. The van der Waals surface area contributed by atoms with E-state index >= 15 is 0 Å². The van der Waals surface area contributed by atoms with Gasteiger partial charge in [0.25, 0.3) is 5.91 Å². The van der Waals surface area contributed by atoms with Gasteiger partial charge in [0.05, 0.1) is 13.2 Å². The molecule has 1 fully saturated rings. The van der Waals surface area contributed by atoms with E-state index in [0.717, 1.165) is 24.1 Å². The van der Waals surface area contributed by atoms with Gasteiger partial charge in [-0.2, -0.15) is 4.31 Å². The van der Waals surface area contributed by atoms with E-state index in [0.29, 0.717) is 5.69 Å². The Bertz CT molecular complexity index is 988. The van der Waals surface area contributed by atoms with Crippen LogP contribution in [0.3, 0.4) is 0 Å². The number of hydrogen-bond acceptors (Lipinski definition) is 4. The smallest absolute Gasteiger partial charge is 0.255 e. The van der Waals surface area contributed by atoms with Crippen molar-refractivity contribution in [1.29, 1.82) is 0 Å². The lowest BCUT2D eigenvalue weighted by Gasteiger charge is -2.26. The number of rotatable bonds is 6. The minimum Gasteiger partial charge on any atom is -0.379 e. The molecule has 1 saturated heterocycles. The molecule has 156 valence electrons. The molecule has 8 heteroatoms. The van der Waals surface area contributed by atoms with Crippen LogP contribution in [0.5, 0.6) is 0 Å². The van der Waals surface area contributed by atoms with Gasteiger partial charge in [0.1, 0.15) is 10.7 Å². The number of ether oxygens (including phenoxy) is 1. The summed E-state index contributed by atoms with van der Waals surface area (Å²) in [5.74, 6) is -1.12. The first-order valence-electron chi connectivity index (χ1n) is 9.62. The molecule has 1 aliphatic rings. The summed E-state index contributed by atoms with van der Waals surface area (Å²) in [6.45, 7) is 4.95. The Morgan fingerprint density at radius 1 is 1.21 bits per heavy atom. The van der Waals surface area contributed by atoms with Crippen molar-refractivity contribution < 1.29 is 22.3 Å².